The molecule has 5 nitrogen and oxygen atoms in total. The maximum Gasteiger partial charge on any atom is 0.253 e. The van der Waals surface area contributed by atoms with Gasteiger partial charge in [-0.25, -0.2) is 4.98 Å². The fraction of sp³-hybridized carbons (Fsp3) is 0.154. The van der Waals surface area contributed by atoms with Gasteiger partial charge in [0, 0.05) is 12.4 Å². The Morgan fingerprint density at radius 2 is 2.26 bits per heavy atom. The van der Waals surface area contributed by atoms with E-state index in [0.717, 1.165) is 11.3 Å². The molecule has 0 aliphatic rings. The smallest absolute Gasteiger partial charge is 0.253 e. The maximum absolute atomic E-state index is 12.0. The molecule has 98 valence electrons. The summed E-state index contributed by atoms with van der Waals surface area (Å²) in [4.78, 5) is 20.0. The summed E-state index contributed by atoms with van der Waals surface area (Å²) in [5.74, 6) is -0.0484. The molecule has 0 radical (unpaired) electrons. The summed E-state index contributed by atoms with van der Waals surface area (Å²) >= 11 is 5.91. The molecule has 3 N–H and O–H groups in total. The van der Waals surface area contributed by atoms with Gasteiger partial charge >= 0.3 is 0 Å². The highest BCUT2D eigenvalue weighted by Crippen LogP contribution is 2.16. The van der Waals surface area contributed by atoms with Crippen LogP contribution in [-0.2, 0) is 6.54 Å². The van der Waals surface area contributed by atoms with E-state index in [1.165, 1.54) is 12.3 Å². The fourth-order valence-corrected chi connectivity index (χ4v) is 1.78. The van der Waals surface area contributed by atoms with Gasteiger partial charge in [-0.05, 0) is 24.6 Å². The SMILES string of the molecule is Cc1cccnc1CNC(=O)c1cc(N)ncc1Cl. The van der Waals surface area contributed by atoms with Crippen molar-refractivity contribution in [1.82, 2.24) is 15.3 Å². The molecule has 19 heavy (non-hydrogen) atoms. The summed E-state index contributed by atoms with van der Waals surface area (Å²) in [7, 11) is 0. The summed E-state index contributed by atoms with van der Waals surface area (Å²) in [6.07, 6.45) is 3.05. The van der Waals surface area contributed by atoms with E-state index in [1.54, 1.807) is 6.20 Å². The Balaban J connectivity index is 2.10. The summed E-state index contributed by atoms with van der Waals surface area (Å²) < 4.78 is 0. The Bertz CT molecular complexity index is 615. The first-order valence-corrected chi connectivity index (χ1v) is 6.05. The third-order valence-electron chi connectivity index (χ3n) is 2.66. The second-order valence-corrected chi connectivity index (χ2v) is 4.45. The van der Waals surface area contributed by atoms with Gasteiger partial charge in [0.1, 0.15) is 5.82 Å². The van der Waals surface area contributed by atoms with Crippen molar-refractivity contribution < 1.29 is 4.79 Å². The Kier molecular flexibility index (Phi) is 3.97. The first-order chi connectivity index (χ1) is 9.08. The Hall–Kier alpha value is -2.14. The van der Waals surface area contributed by atoms with Gasteiger partial charge in [0.15, 0.2) is 0 Å². The van der Waals surface area contributed by atoms with E-state index in [4.69, 9.17) is 17.3 Å². The number of nitrogen functional groups attached to an aromatic ring is 1. The van der Waals surface area contributed by atoms with Crippen LogP contribution < -0.4 is 11.1 Å². The number of hydrogen-bond donors (Lipinski definition) is 2. The van der Waals surface area contributed by atoms with Gasteiger partial charge in [-0.15, -0.1) is 0 Å². The van der Waals surface area contributed by atoms with Crippen molar-refractivity contribution in [3.05, 3.63) is 52.4 Å². The van der Waals surface area contributed by atoms with Crippen LogP contribution in [0.4, 0.5) is 5.82 Å². The van der Waals surface area contributed by atoms with Crippen molar-refractivity contribution in [2.75, 3.05) is 5.73 Å². The molecule has 2 aromatic heterocycles. The van der Waals surface area contributed by atoms with E-state index in [9.17, 15) is 4.79 Å². The number of aromatic nitrogens is 2. The predicted octanol–water partition coefficient (Wildman–Crippen LogP) is 1.95. The van der Waals surface area contributed by atoms with E-state index in [0.29, 0.717) is 12.1 Å². The van der Waals surface area contributed by atoms with Crippen molar-refractivity contribution in [2.45, 2.75) is 13.5 Å². The van der Waals surface area contributed by atoms with Gasteiger partial charge in [-0.3, -0.25) is 9.78 Å². The highest BCUT2D eigenvalue weighted by molar-refractivity contribution is 6.33. The number of anilines is 1. The number of hydrogen-bond acceptors (Lipinski definition) is 4. The Labute approximate surface area is 115 Å². The summed E-state index contributed by atoms with van der Waals surface area (Å²) in [6.45, 7) is 2.27. The summed E-state index contributed by atoms with van der Waals surface area (Å²) in [5, 5.41) is 3.02. The van der Waals surface area contributed by atoms with Crippen LogP contribution in [0.2, 0.25) is 5.02 Å². The molecule has 1 amide bonds. The van der Waals surface area contributed by atoms with Gasteiger partial charge in [0.05, 0.1) is 22.8 Å². The van der Waals surface area contributed by atoms with E-state index in [2.05, 4.69) is 15.3 Å². The number of aryl methyl sites for hydroxylation is 1. The topological polar surface area (TPSA) is 80.9 Å². The predicted molar refractivity (Wildman–Crippen MR) is 73.8 cm³/mol. The average molecular weight is 277 g/mol. The molecule has 2 aromatic rings. The number of nitrogens with one attached hydrogen (secondary N) is 1. The lowest BCUT2D eigenvalue weighted by atomic mass is 10.2. The number of carbonyl (C=O) groups is 1. The van der Waals surface area contributed by atoms with Crippen LogP contribution in [0.25, 0.3) is 0 Å². The van der Waals surface area contributed by atoms with Crippen LogP contribution in [0.15, 0.2) is 30.6 Å². The summed E-state index contributed by atoms with van der Waals surface area (Å²) in [5.41, 5.74) is 7.67. The highest BCUT2D eigenvalue weighted by atomic mass is 35.5. The molecule has 0 fully saturated rings. The van der Waals surface area contributed by atoms with E-state index in [-0.39, 0.29) is 16.7 Å². The van der Waals surface area contributed by atoms with Crippen molar-refractivity contribution >= 4 is 23.3 Å². The van der Waals surface area contributed by atoms with Gasteiger partial charge in [0.25, 0.3) is 5.91 Å². The van der Waals surface area contributed by atoms with Gasteiger partial charge in [-0.1, -0.05) is 17.7 Å². The second-order valence-electron chi connectivity index (χ2n) is 4.04. The van der Waals surface area contributed by atoms with E-state index in [1.807, 2.05) is 19.1 Å². The first kappa shape index (κ1) is 13.3. The number of nitrogens with two attached hydrogens (primary N) is 1. The number of pyridine rings is 2. The molecular weight excluding hydrogens is 264 g/mol. The fourth-order valence-electron chi connectivity index (χ4n) is 1.59. The zero-order valence-corrected chi connectivity index (χ0v) is 11.1. The molecule has 0 saturated carbocycles. The molecule has 0 aliphatic heterocycles. The maximum atomic E-state index is 12.0. The summed E-state index contributed by atoms with van der Waals surface area (Å²) in [6, 6.07) is 5.23. The average Bonchev–Trinajstić information content (AvgIpc) is 2.40. The molecule has 0 bridgehead atoms. The number of rotatable bonds is 3. The highest BCUT2D eigenvalue weighted by Gasteiger charge is 2.11. The lowest BCUT2D eigenvalue weighted by Gasteiger charge is -2.08. The zero-order valence-electron chi connectivity index (χ0n) is 10.4. The van der Waals surface area contributed by atoms with Crippen molar-refractivity contribution in [3.8, 4) is 0 Å². The minimum absolute atomic E-state index is 0.253. The second kappa shape index (κ2) is 5.67. The number of halogens is 1. The third-order valence-corrected chi connectivity index (χ3v) is 2.96. The number of nitrogens with zero attached hydrogens (tertiary/aromatic N) is 2. The molecule has 0 saturated heterocycles. The number of amides is 1. The van der Waals surface area contributed by atoms with Crippen LogP contribution in [0.5, 0.6) is 0 Å². The zero-order chi connectivity index (χ0) is 13.8. The molecule has 2 heterocycles. The van der Waals surface area contributed by atoms with Crippen molar-refractivity contribution in [2.24, 2.45) is 0 Å². The first-order valence-electron chi connectivity index (χ1n) is 5.67. The molecule has 6 heteroatoms. The normalized spacial score (nSPS) is 10.2. The minimum Gasteiger partial charge on any atom is -0.384 e. The van der Waals surface area contributed by atoms with Gasteiger partial charge < -0.3 is 11.1 Å². The molecule has 0 spiro atoms. The third kappa shape index (κ3) is 3.20. The van der Waals surface area contributed by atoms with Crippen LogP contribution in [0.3, 0.4) is 0 Å². The van der Waals surface area contributed by atoms with E-state index >= 15 is 0 Å². The standard InChI is InChI=1S/C13H13ClN4O/c1-8-3-2-4-16-11(8)7-18-13(19)9-5-12(15)17-6-10(9)14/h2-6H,7H2,1H3,(H2,15,17)(H,18,19). The molecule has 0 unspecified atom stereocenters. The number of carbonyl (C=O) groups excluding carboxylic acids is 1. The van der Waals surface area contributed by atoms with Gasteiger partial charge in [-0.2, -0.15) is 0 Å². The molecule has 0 aliphatic carbocycles. The monoisotopic (exact) mass is 276 g/mol. The van der Waals surface area contributed by atoms with Crippen molar-refractivity contribution in [3.63, 3.8) is 0 Å². The molecule has 2 rings (SSSR count). The lowest BCUT2D eigenvalue weighted by molar-refractivity contribution is 0.0950. The van der Waals surface area contributed by atoms with Gasteiger partial charge in [0.2, 0.25) is 0 Å². The Morgan fingerprint density at radius 1 is 1.47 bits per heavy atom. The molecule has 0 aromatic carbocycles. The van der Waals surface area contributed by atoms with Crippen LogP contribution in [-0.4, -0.2) is 15.9 Å². The Morgan fingerprint density at radius 3 is 3.00 bits per heavy atom. The van der Waals surface area contributed by atoms with Crippen LogP contribution in [0, 0.1) is 6.92 Å². The van der Waals surface area contributed by atoms with Crippen LogP contribution >= 0.6 is 11.6 Å². The molecule has 0 atom stereocenters. The quantitative estimate of drug-likeness (QED) is 0.898. The van der Waals surface area contributed by atoms with Crippen molar-refractivity contribution in [1.29, 1.82) is 0 Å². The largest absolute Gasteiger partial charge is 0.384 e. The minimum atomic E-state index is -0.302. The lowest BCUT2D eigenvalue weighted by Crippen LogP contribution is -2.24. The molecular formula is C13H13ClN4O. The van der Waals surface area contributed by atoms with Crippen LogP contribution in [0.1, 0.15) is 21.6 Å². The van der Waals surface area contributed by atoms with E-state index < -0.39 is 0 Å².